The summed E-state index contributed by atoms with van der Waals surface area (Å²) in [7, 11) is 0. The van der Waals surface area contributed by atoms with Gasteiger partial charge in [0.25, 0.3) is 5.91 Å². The van der Waals surface area contributed by atoms with Crippen LogP contribution in [0, 0.1) is 0 Å². The Balaban J connectivity index is 3.00. The lowest BCUT2D eigenvalue weighted by Gasteiger charge is -2.20. The molecule has 0 saturated carbocycles. The zero-order valence-corrected chi connectivity index (χ0v) is 7.32. The Labute approximate surface area is 76.3 Å². The zero-order valence-electron chi connectivity index (χ0n) is 7.32. The molecule has 0 aliphatic heterocycles. The van der Waals surface area contributed by atoms with Crippen LogP contribution in [0.15, 0.2) is 30.3 Å². The highest BCUT2D eigenvalue weighted by Crippen LogP contribution is 2.19. The minimum absolute atomic E-state index is 0.512. The fraction of sp³-hybridized carbons (Fsp3) is 0.222. The first-order valence-electron chi connectivity index (χ1n) is 3.88. The number of carbonyl (C=O) groups is 1. The van der Waals surface area contributed by atoms with Crippen molar-refractivity contribution < 1.29 is 9.90 Å². The van der Waals surface area contributed by atoms with E-state index in [1.165, 1.54) is 6.92 Å². The van der Waals surface area contributed by atoms with Crippen molar-refractivity contribution in [2.75, 3.05) is 0 Å². The molecule has 0 fully saturated rings. The second-order valence-electron chi connectivity index (χ2n) is 2.91. The lowest BCUT2D eigenvalue weighted by atomic mass is 9.95. The van der Waals surface area contributed by atoms with E-state index < -0.39 is 11.5 Å². The van der Waals surface area contributed by atoms with Gasteiger partial charge in [-0.2, -0.15) is 0 Å². The van der Waals surface area contributed by atoms with Crippen molar-refractivity contribution in [3.8, 4) is 0 Å². The van der Waals surface area contributed by atoms with Gasteiger partial charge in [0.05, 0.1) is 0 Å². The number of nitrogens with one attached hydrogen (secondary N) is 1. The summed E-state index contributed by atoms with van der Waals surface area (Å²) >= 11 is 0. The first-order chi connectivity index (χ1) is 6.09. The maximum Gasteiger partial charge on any atom is 0.270 e. The quantitative estimate of drug-likeness (QED) is 0.337. The van der Waals surface area contributed by atoms with E-state index in [-0.39, 0.29) is 0 Å². The Morgan fingerprint density at radius 1 is 1.46 bits per heavy atom. The molecule has 1 amide bonds. The van der Waals surface area contributed by atoms with Crippen LogP contribution in [0.1, 0.15) is 12.5 Å². The van der Waals surface area contributed by atoms with E-state index in [0.717, 1.165) is 0 Å². The second-order valence-corrected chi connectivity index (χ2v) is 2.91. The predicted octanol–water partition coefficient (Wildman–Crippen LogP) is -0.116. The van der Waals surface area contributed by atoms with Crippen molar-refractivity contribution in [2.45, 2.75) is 12.5 Å². The van der Waals surface area contributed by atoms with E-state index in [4.69, 9.17) is 5.84 Å². The normalized spacial score (nSPS) is 14.7. The topological polar surface area (TPSA) is 75.3 Å². The Hall–Kier alpha value is -1.39. The van der Waals surface area contributed by atoms with Gasteiger partial charge in [-0.3, -0.25) is 10.2 Å². The second kappa shape index (κ2) is 3.55. The van der Waals surface area contributed by atoms with E-state index in [0.29, 0.717) is 5.56 Å². The minimum atomic E-state index is -1.57. The molecule has 0 aliphatic carbocycles. The molecule has 1 rings (SSSR count). The van der Waals surface area contributed by atoms with Gasteiger partial charge in [-0.15, -0.1) is 0 Å². The lowest BCUT2D eigenvalue weighted by Crippen LogP contribution is -2.45. The molecule has 4 nitrogen and oxygen atoms in total. The highest BCUT2D eigenvalue weighted by Gasteiger charge is 2.31. The third-order valence-electron chi connectivity index (χ3n) is 1.91. The number of benzene rings is 1. The third-order valence-corrected chi connectivity index (χ3v) is 1.91. The molecule has 1 aromatic carbocycles. The Bertz CT molecular complexity index is 296. The monoisotopic (exact) mass is 180 g/mol. The summed E-state index contributed by atoms with van der Waals surface area (Å²) in [6.45, 7) is 1.39. The SMILES string of the molecule is C[C@@](O)(C(=O)NN)c1ccccc1. The van der Waals surface area contributed by atoms with Crippen LogP contribution in [-0.2, 0) is 10.4 Å². The number of amides is 1. The van der Waals surface area contributed by atoms with Crippen LogP contribution in [-0.4, -0.2) is 11.0 Å². The fourth-order valence-electron chi connectivity index (χ4n) is 1.03. The Morgan fingerprint density at radius 2 is 2.00 bits per heavy atom. The molecule has 0 aromatic heterocycles. The van der Waals surface area contributed by atoms with Gasteiger partial charge in [-0.05, 0) is 12.5 Å². The molecule has 13 heavy (non-hydrogen) atoms. The number of hydrazine groups is 1. The van der Waals surface area contributed by atoms with Crippen molar-refractivity contribution in [2.24, 2.45) is 5.84 Å². The predicted molar refractivity (Wildman–Crippen MR) is 48.3 cm³/mol. The van der Waals surface area contributed by atoms with E-state index in [2.05, 4.69) is 0 Å². The average molecular weight is 180 g/mol. The standard InChI is InChI=1S/C9H12N2O2/c1-9(13,8(12)11-10)7-5-3-2-4-6-7/h2-6,13H,10H2,1H3,(H,11,12)/t9-/m0/s1. The van der Waals surface area contributed by atoms with Crippen LogP contribution in [0.3, 0.4) is 0 Å². The van der Waals surface area contributed by atoms with Crippen molar-refractivity contribution in [3.63, 3.8) is 0 Å². The fourth-order valence-corrected chi connectivity index (χ4v) is 1.03. The third kappa shape index (κ3) is 1.85. The maximum atomic E-state index is 11.1. The van der Waals surface area contributed by atoms with Gasteiger partial charge in [0.1, 0.15) is 0 Å². The van der Waals surface area contributed by atoms with E-state index in [1.54, 1.807) is 30.3 Å². The van der Waals surface area contributed by atoms with Gasteiger partial charge in [0.15, 0.2) is 5.60 Å². The van der Waals surface area contributed by atoms with Gasteiger partial charge in [-0.25, -0.2) is 5.84 Å². The average Bonchev–Trinajstić information content (AvgIpc) is 2.18. The number of hydrogen-bond donors (Lipinski definition) is 3. The Morgan fingerprint density at radius 3 is 2.46 bits per heavy atom. The number of carbonyl (C=O) groups excluding carboxylic acids is 1. The minimum Gasteiger partial charge on any atom is -0.375 e. The van der Waals surface area contributed by atoms with Gasteiger partial charge >= 0.3 is 0 Å². The largest absolute Gasteiger partial charge is 0.375 e. The Kier molecular flexibility index (Phi) is 2.65. The molecule has 0 bridgehead atoms. The number of aliphatic hydroxyl groups is 1. The smallest absolute Gasteiger partial charge is 0.270 e. The van der Waals surface area contributed by atoms with Crippen molar-refractivity contribution in [3.05, 3.63) is 35.9 Å². The molecule has 0 aliphatic rings. The molecular formula is C9H12N2O2. The molecule has 4 heteroatoms. The first kappa shape index (κ1) is 9.70. The molecule has 4 N–H and O–H groups in total. The van der Waals surface area contributed by atoms with Crippen LogP contribution < -0.4 is 11.3 Å². The van der Waals surface area contributed by atoms with Crippen LogP contribution >= 0.6 is 0 Å². The summed E-state index contributed by atoms with van der Waals surface area (Å²) in [6.07, 6.45) is 0. The number of hydrogen-bond acceptors (Lipinski definition) is 3. The summed E-state index contributed by atoms with van der Waals surface area (Å²) < 4.78 is 0. The van der Waals surface area contributed by atoms with Crippen LogP contribution in [0.5, 0.6) is 0 Å². The summed E-state index contributed by atoms with van der Waals surface area (Å²) in [4.78, 5) is 11.1. The molecule has 0 saturated heterocycles. The van der Waals surface area contributed by atoms with Crippen LogP contribution in [0.4, 0.5) is 0 Å². The van der Waals surface area contributed by atoms with E-state index in [9.17, 15) is 9.90 Å². The molecule has 0 unspecified atom stereocenters. The number of rotatable bonds is 2. The van der Waals surface area contributed by atoms with Gasteiger partial charge in [0, 0.05) is 0 Å². The summed E-state index contributed by atoms with van der Waals surface area (Å²) in [5.74, 6) is 4.31. The van der Waals surface area contributed by atoms with Gasteiger partial charge in [-0.1, -0.05) is 30.3 Å². The van der Waals surface area contributed by atoms with Gasteiger partial charge in [0.2, 0.25) is 0 Å². The van der Waals surface area contributed by atoms with Crippen molar-refractivity contribution in [1.29, 1.82) is 0 Å². The lowest BCUT2D eigenvalue weighted by molar-refractivity contribution is -0.139. The summed E-state index contributed by atoms with van der Waals surface area (Å²) in [5, 5.41) is 9.76. The molecule has 0 radical (unpaired) electrons. The summed E-state index contributed by atoms with van der Waals surface area (Å²) in [5.41, 5.74) is 0.853. The van der Waals surface area contributed by atoms with E-state index in [1.807, 2.05) is 5.43 Å². The van der Waals surface area contributed by atoms with E-state index >= 15 is 0 Å². The van der Waals surface area contributed by atoms with Gasteiger partial charge < -0.3 is 5.11 Å². The highest BCUT2D eigenvalue weighted by atomic mass is 16.3. The maximum absolute atomic E-state index is 11.1. The molecule has 70 valence electrons. The summed E-state index contributed by atoms with van der Waals surface area (Å²) in [6, 6.07) is 8.62. The zero-order chi connectivity index (χ0) is 9.90. The molecule has 1 aromatic rings. The van der Waals surface area contributed by atoms with Crippen LogP contribution in [0.25, 0.3) is 0 Å². The van der Waals surface area contributed by atoms with Crippen molar-refractivity contribution in [1.82, 2.24) is 5.43 Å². The van der Waals surface area contributed by atoms with Crippen LogP contribution in [0.2, 0.25) is 0 Å². The molecule has 0 spiro atoms. The first-order valence-corrected chi connectivity index (χ1v) is 3.88. The molecule has 1 atom stereocenters. The molecule has 0 heterocycles. The van der Waals surface area contributed by atoms with Crippen molar-refractivity contribution >= 4 is 5.91 Å². The number of nitrogens with two attached hydrogens (primary N) is 1. The molecular weight excluding hydrogens is 168 g/mol. The highest BCUT2D eigenvalue weighted by molar-refractivity contribution is 5.85.